The van der Waals surface area contributed by atoms with Crippen LogP contribution in [-0.4, -0.2) is 81.1 Å². The number of carbonyl (C=O) groups excluding carboxylic acids is 2. The van der Waals surface area contributed by atoms with Crippen LogP contribution in [0.2, 0.25) is 0 Å². The van der Waals surface area contributed by atoms with Crippen LogP contribution in [0.25, 0.3) is 10.9 Å². The molecule has 2 aromatic heterocycles. The highest BCUT2D eigenvalue weighted by Gasteiger charge is 2.34. The first-order valence-electron chi connectivity index (χ1n) is 13.7. The van der Waals surface area contributed by atoms with E-state index >= 15 is 0 Å². The number of nitrogens with one attached hydrogen (secondary N) is 2. The van der Waals surface area contributed by atoms with Gasteiger partial charge in [0, 0.05) is 41.6 Å². The molecule has 0 aliphatic rings. The molecule has 234 valence electrons. The summed E-state index contributed by atoms with van der Waals surface area (Å²) < 4.78 is 42.9. The number of halogens is 4. The van der Waals surface area contributed by atoms with Crippen molar-refractivity contribution >= 4 is 44.3 Å². The number of rotatable bonds is 12. The van der Waals surface area contributed by atoms with E-state index in [1.54, 1.807) is 54.9 Å². The first-order chi connectivity index (χ1) is 20.9. The lowest BCUT2D eigenvalue weighted by Crippen LogP contribution is -2.37. The minimum absolute atomic E-state index is 0.0403. The molecular weight excluding hydrogens is 645 g/mol. The van der Waals surface area contributed by atoms with Gasteiger partial charge in [-0.15, -0.1) is 0 Å². The molecule has 0 aliphatic heterocycles. The van der Waals surface area contributed by atoms with Gasteiger partial charge in [0.15, 0.2) is 0 Å². The van der Waals surface area contributed by atoms with Gasteiger partial charge in [-0.25, -0.2) is 4.98 Å². The molecule has 0 spiro atoms. The van der Waals surface area contributed by atoms with Crippen LogP contribution in [0.3, 0.4) is 0 Å². The first kappa shape index (κ1) is 33.1. The summed E-state index contributed by atoms with van der Waals surface area (Å²) in [5.74, 6) is -0.983. The molecule has 0 unspecified atom stereocenters. The van der Waals surface area contributed by atoms with Crippen molar-refractivity contribution in [3.05, 3.63) is 86.8 Å². The van der Waals surface area contributed by atoms with Gasteiger partial charge in [-0.3, -0.25) is 19.2 Å². The summed E-state index contributed by atoms with van der Waals surface area (Å²) in [5, 5.41) is 28.6. The zero-order valence-corrected chi connectivity index (χ0v) is 25.7. The Labute approximate surface area is 260 Å². The van der Waals surface area contributed by atoms with Gasteiger partial charge in [-0.05, 0) is 55.8 Å². The van der Waals surface area contributed by atoms with E-state index in [0.29, 0.717) is 59.8 Å². The van der Waals surface area contributed by atoms with Crippen molar-refractivity contribution in [1.82, 2.24) is 25.0 Å². The lowest BCUT2D eigenvalue weighted by Gasteiger charge is -2.20. The molecule has 0 radical (unpaired) electrons. The SMILES string of the molecule is Cc1nn(Cc2ccc(C(=O)NCCN(CCO)CCO)cc2)c(C)c1NC(=O)c1cc(C(F)(F)F)nc2ccc(Br)cc12. The summed E-state index contributed by atoms with van der Waals surface area (Å²) in [6.07, 6.45) is -4.73. The van der Waals surface area contributed by atoms with E-state index in [2.05, 4.69) is 36.6 Å². The predicted molar refractivity (Wildman–Crippen MR) is 163 cm³/mol. The summed E-state index contributed by atoms with van der Waals surface area (Å²) in [7, 11) is 0. The molecule has 4 aromatic rings. The molecule has 4 N–H and O–H groups in total. The Hall–Kier alpha value is -3.85. The van der Waals surface area contributed by atoms with Crippen molar-refractivity contribution < 1.29 is 33.0 Å². The maximum atomic E-state index is 13.6. The van der Waals surface area contributed by atoms with E-state index in [-0.39, 0.29) is 35.6 Å². The van der Waals surface area contributed by atoms with Crippen LogP contribution in [0.4, 0.5) is 18.9 Å². The summed E-state index contributed by atoms with van der Waals surface area (Å²) >= 11 is 3.30. The number of alkyl halides is 3. The van der Waals surface area contributed by atoms with Crippen molar-refractivity contribution in [3.8, 4) is 0 Å². The molecule has 0 saturated carbocycles. The number of aryl methyl sites for hydroxylation is 1. The van der Waals surface area contributed by atoms with Crippen molar-refractivity contribution in [3.63, 3.8) is 0 Å². The number of amides is 2. The monoisotopic (exact) mass is 676 g/mol. The fourth-order valence-corrected chi connectivity index (χ4v) is 5.09. The van der Waals surface area contributed by atoms with E-state index in [9.17, 15) is 22.8 Å². The molecule has 0 aliphatic carbocycles. The van der Waals surface area contributed by atoms with Crippen LogP contribution in [0.1, 0.15) is 43.4 Å². The van der Waals surface area contributed by atoms with Gasteiger partial charge in [0.25, 0.3) is 11.8 Å². The standard InChI is InChI=1S/C30H32BrF3N6O4/c1-18-27(37-29(44)24-16-26(30(32,33)34)36-25-8-7-22(31)15-23(24)25)19(2)40(38-18)17-20-3-5-21(6-4-20)28(43)35-9-10-39(11-13-41)12-14-42/h3-8,15-16,41-42H,9-14,17H2,1-2H3,(H,35,43)(H,37,44). The van der Waals surface area contributed by atoms with Crippen LogP contribution >= 0.6 is 15.9 Å². The normalized spacial score (nSPS) is 11.8. The van der Waals surface area contributed by atoms with Crippen molar-refractivity contribution in [2.24, 2.45) is 0 Å². The van der Waals surface area contributed by atoms with Crippen LogP contribution < -0.4 is 10.6 Å². The van der Waals surface area contributed by atoms with Crippen molar-refractivity contribution in [2.45, 2.75) is 26.6 Å². The molecular formula is C30H32BrF3N6O4. The molecule has 2 heterocycles. The van der Waals surface area contributed by atoms with Gasteiger partial charge in [0.2, 0.25) is 0 Å². The van der Waals surface area contributed by atoms with Gasteiger partial charge in [-0.1, -0.05) is 28.1 Å². The number of nitrogens with zero attached hydrogens (tertiary/aromatic N) is 4. The lowest BCUT2D eigenvalue weighted by molar-refractivity contribution is -0.141. The average molecular weight is 678 g/mol. The number of hydrogen-bond acceptors (Lipinski definition) is 7. The third-order valence-electron chi connectivity index (χ3n) is 7.02. The van der Waals surface area contributed by atoms with Crippen molar-refractivity contribution in [2.75, 3.05) is 44.7 Å². The Kier molecular flexibility index (Phi) is 10.7. The number of hydrogen-bond donors (Lipinski definition) is 4. The molecule has 0 bridgehead atoms. The molecule has 0 fully saturated rings. The second-order valence-corrected chi connectivity index (χ2v) is 11.0. The Morgan fingerprint density at radius 1 is 0.977 bits per heavy atom. The number of aliphatic hydroxyl groups is 2. The molecule has 44 heavy (non-hydrogen) atoms. The van der Waals surface area contributed by atoms with Gasteiger partial charge in [0.05, 0.1) is 47.9 Å². The van der Waals surface area contributed by atoms with Crippen LogP contribution in [0.5, 0.6) is 0 Å². The average Bonchev–Trinajstić information content (AvgIpc) is 3.23. The van der Waals surface area contributed by atoms with Gasteiger partial charge < -0.3 is 20.8 Å². The summed E-state index contributed by atoms with van der Waals surface area (Å²) in [5.41, 5.74) is 1.48. The molecule has 0 atom stereocenters. The number of carbonyl (C=O) groups is 2. The smallest absolute Gasteiger partial charge is 0.395 e. The van der Waals surface area contributed by atoms with E-state index in [0.717, 1.165) is 11.6 Å². The molecule has 10 nitrogen and oxygen atoms in total. The summed E-state index contributed by atoms with van der Waals surface area (Å²) in [4.78, 5) is 31.4. The largest absolute Gasteiger partial charge is 0.433 e. The topological polar surface area (TPSA) is 133 Å². The second-order valence-electron chi connectivity index (χ2n) is 10.1. The Bertz CT molecular complexity index is 1640. The van der Waals surface area contributed by atoms with Crippen molar-refractivity contribution in [1.29, 1.82) is 0 Å². The molecule has 14 heteroatoms. The number of aromatic nitrogens is 3. The first-order valence-corrected chi connectivity index (χ1v) is 14.5. The lowest BCUT2D eigenvalue weighted by atomic mass is 10.1. The number of benzene rings is 2. The van der Waals surface area contributed by atoms with Crippen LogP contribution in [0.15, 0.2) is 53.0 Å². The molecule has 4 rings (SSSR count). The second kappa shape index (κ2) is 14.3. The number of aliphatic hydroxyl groups excluding tert-OH is 2. The maximum Gasteiger partial charge on any atom is 0.433 e. The van der Waals surface area contributed by atoms with Gasteiger partial charge >= 0.3 is 6.18 Å². The highest BCUT2D eigenvalue weighted by Crippen LogP contribution is 2.32. The molecule has 2 aromatic carbocycles. The minimum atomic E-state index is -4.73. The quantitative estimate of drug-likeness (QED) is 0.177. The Balaban J connectivity index is 1.46. The maximum absolute atomic E-state index is 13.6. The van der Waals surface area contributed by atoms with Gasteiger partial charge in [0.1, 0.15) is 5.69 Å². The predicted octanol–water partition coefficient (Wildman–Crippen LogP) is 4.15. The van der Waals surface area contributed by atoms with Crippen LogP contribution in [0, 0.1) is 13.8 Å². The third kappa shape index (κ3) is 8.00. The Morgan fingerprint density at radius 3 is 2.30 bits per heavy atom. The number of anilines is 1. The zero-order chi connectivity index (χ0) is 32.0. The van der Waals surface area contributed by atoms with E-state index < -0.39 is 17.8 Å². The van der Waals surface area contributed by atoms with Crippen LogP contribution in [-0.2, 0) is 12.7 Å². The van der Waals surface area contributed by atoms with E-state index in [4.69, 9.17) is 10.2 Å². The fraction of sp³-hybridized carbons (Fsp3) is 0.333. The number of fused-ring (bicyclic) bond motifs is 1. The zero-order valence-electron chi connectivity index (χ0n) is 24.1. The van der Waals surface area contributed by atoms with E-state index in [1.807, 2.05) is 4.90 Å². The Morgan fingerprint density at radius 2 is 1.66 bits per heavy atom. The molecule has 2 amide bonds. The highest BCUT2D eigenvalue weighted by molar-refractivity contribution is 9.10. The summed E-state index contributed by atoms with van der Waals surface area (Å²) in [6.45, 7) is 5.33. The molecule has 0 saturated heterocycles. The van der Waals surface area contributed by atoms with Gasteiger partial charge in [-0.2, -0.15) is 18.3 Å². The highest BCUT2D eigenvalue weighted by atomic mass is 79.9. The third-order valence-corrected chi connectivity index (χ3v) is 7.51. The summed E-state index contributed by atoms with van der Waals surface area (Å²) in [6, 6.07) is 12.2. The van der Waals surface area contributed by atoms with E-state index in [1.165, 1.54) is 6.07 Å². The number of pyridine rings is 1. The minimum Gasteiger partial charge on any atom is -0.395 e. The fourth-order valence-electron chi connectivity index (χ4n) is 4.73.